The van der Waals surface area contributed by atoms with E-state index in [1.807, 2.05) is 59.5 Å². The van der Waals surface area contributed by atoms with Gasteiger partial charge in [-0.1, -0.05) is 48.5 Å². The first-order valence-electron chi connectivity index (χ1n) is 11.9. The van der Waals surface area contributed by atoms with Crippen LogP contribution in [0.2, 0.25) is 0 Å². The van der Waals surface area contributed by atoms with Crippen molar-refractivity contribution in [2.45, 2.75) is 25.2 Å². The maximum atomic E-state index is 13.3. The molecule has 6 heteroatoms. The number of carboxylic acid groups (broad SMARTS) is 1. The molecule has 6 nitrogen and oxygen atoms in total. The number of carbonyl (C=O) groups is 2. The average Bonchev–Trinajstić information content (AvgIpc) is 3.08. The Bertz CT molecular complexity index is 1180. The molecule has 0 radical (unpaired) electrons. The fourth-order valence-corrected chi connectivity index (χ4v) is 5.02. The minimum atomic E-state index is -0.833. The summed E-state index contributed by atoms with van der Waals surface area (Å²) in [6.45, 7) is 3.22. The van der Waals surface area contributed by atoms with E-state index in [9.17, 15) is 14.7 Å². The van der Waals surface area contributed by atoms with E-state index in [0.717, 1.165) is 48.4 Å². The molecule has 0 spiro atoms. The van der Waals surface area contributed by atoms with Crippen molar-refractivity contribution in [1.82, 2.24) is 5.32 Å². The van der Waals surface area contributed by atoms with E-state index in [-0.39, 0.29) is 18.4 Å². The third-order valence-electron chi connectivity index (χ3n) is 6.84. The lowest BCUT2D eigenvalue weighted by molar-refractivity contribution is -0.137. The minimum absolute atomic E-state index is 0.0215. The average molecular weight is 456 g/mol. The molecule has 1 fully saturated rings. The number of nitrogens with zero attached hydrogens (tertiary/aromatic N) is 2. The number of fused-ring (bicyclic) bond motifs is 1. The molecule has 2 aliphatic rings. The van der Waals surface area contributed by atoms with Gasteiger partial charge in [0.2, 0.25) is 0 Å². The van der Waals surface area contributed by atoms with Crippen LogP contribution in [0, 0.1) is 0 Å². The van der Waals surface area contributed by atoms with Gasteiger partial charge in [-0.3, -0.25) is 14.6 Å². The SMILES string of the molecule is O=C(O)CC(c1ccccc1)c1ccc(N2CCN(c3ccc4c(c3)CCNCC4)C2=O)cc1. The highest BCUT2D eigenvalue weighted by Gasteiger charge is 2.31. The van der Waals surface area contributed by atoms with E-state index >= 15 is 0 Å². The number of carbonyl (C=O) groups excluding carboxylic acids is 1. The molecule has 1 atom stereocenters. The Balaban J connectivity index is 1.34. The van der Waals surface area contributed by atoms with Crippen LogP contribution in [0.15, 0.2) is 72.8 Å². The first-order valence-corrected chi connectivity index (χ1v) is 11.9. The lowest BCUT2D eigenvalue weighted by Gasteiger charge is -2.21. The number of aliphatic carboxylic acids is 1. The zero-order valence-electron chi connectivity index (χ0n) is 19.1. The highest BCUT2D eigenvalue weighted by Crippen LogP contribution is 2.32. The molecular formula is C28H29N3O3. The fourth-order valence-electron chi connectivity index (χ4n) is 5.02. The van der Waals surface area contributed by atoms with Gasteiger partial charge in [-0.05, 0) is 72.5 Å². The highest BCUT2D eigenvalue weighted by molar-refractivity contribution is 6.06. The normalized spacial score (nSPS) is 16.8. The second-order valence-electron chi connectivity index (χ2n) is 8.94. The van der Waals surface area contributed by atoms with Crippen LogP contribution in [-0.4, -0.2) is 43.3 Å². The topological polar surface area (TPSA) is 72.9 Å². The first kappa shape index (κ1) is 22.2. The molecule has 1 saturated heterocycles. The Morgan fingerprint density at radius 2 is 1.44 bits per heavy atom. The standard InChI is InChI=1S/C28H29N3O3/c32-27(33)19-26(21-4-2-1-3-5-21)22-7-9-24(10-8-22)30-16-17-31(28(30)34)25-11-6-20-12-14-29-15-13-23(20)18-25/h1-11,18,26,29H,12-17,19H2,(H,32,33). The van der Waals surface area contributed by atoms with E-state index in [0.29, 0.717) is 13.1 Å². The van der Waals surface area contributed by atoms with Gasteiger partial charge in [-0.15, -0.1) is 0 Å². The summed E-state index contributed by atoms with van der Waals surface area (Å²) in [5.41, 5.74) is 6.37. The quantitative estimate of drug-likeness (QED) is 0.577. The molecule has 3 aromatic carbocycles. The summed E-state index contributed by atoms with van der Waals surface area (Å²) in [5, 5.41) is 12.9. The predicted molar refractivity (Wildman–Crippen MR) is 134 cm³/mol. The third-order valence-corrected chi connectivity index (χ3v) is 6.84. The van der Waals surface area contributed by atoms with Gasteiger partial charge in [0.05, 0.1) is 6.42 Å². The molecule has 174 valence electrons. The lowest BCUT2D eigenvalue weighted by atomic mass is 9.88. The highest BCUT2D eigenvalue weighted by atomic mass is 16.4. The van der Waals surface area contributed by atoms with Crippen molar-refractivity contribution in [2.75, 3.05) is 36.0 Å². The Kier molecular flexibility index (Phi) is 6.32. The summed E-state index contributed by atoms with van der Waals surface area (Å²) in [6.07, 6.45) is 2.02. The minimum Gasteiger partial charge on any atom is -0.481 e. The number of benzene rings is 3. The zero-order chi connectivity index (χ0) is 23.5. The fraction of sp³-hybridized carbons (Fsp3) is 0.286. The van der Waals surface area contributed by atoms with Crippen molar-refractivity contribution in [2.24, 2.45) is 0 Å². The first-order chi connectivity index (χ1) is 16.6. The number of hydrogen-bond donors (Lipinski definition) is 2. The summed E-state index contributed by atoms with van der Waals surface area (Å²) in [6, 6.07) is 23.8. The van der Waals surface area contributed by atoms with E-state index in [1.165, 1.54) is 11.1 Å². The Hall–Kier alpha value is -3.64. The van der Waals surface area contributed by atoms with Gasteiger partial charge in [0, 0.05) is 30.4 Å². The van der Waals surface area contributed by atoms with Gasteiger partial charge in [0.1, 0.15) is 0 Å². The van der Waals surface area contributed by atoms with Gasteiger partial charge in [-0.2, -0.15) is 0 Å². The molecule has 5 rings (SSSR count). The Morgan fingerprint density at radius 3 is 2.15 bits per heavy atom. The molecule has 0 aromatic heterocycles. The van der Waals surface area contributed by atoms with Crippen molar-refractivity contribution >= 4 is 23.4 Å². The van der Waals surface area contributed by atoms with Crippen molar-refractivity contribution in [3.63, 3.8) is 0 Å². The molecular weight excluding hydrogens is 426 g/mol. The van der Waals surface area contributed by atoms with Gasteiger partial charge < -0.3 is 10.4 Å². The van der Waals surface area contributed by atoms with E-state index in [4.69, 9.17) is 0 Å². The van der Waals surface area contributed by atoms with E-state index in [1.54, 1.807) is 4.90 Å². The summed E-state index contributed by atoms with van der Waals surface area (Å²) in [7, 11) is 0. The maximum absolute atomic E-state index is 13.3. The van der Waals surface area contributed by atoms with Crippen LogP contribution in [0.25, 0.3) is 0 Å². The molecule has 0 saturated carbocycles. The second kappa shape index (κ2) is 9.69. The molecule has 2 N–H and O–H groups in total. The summed E-state index contributed by atoms with van der Waals surface area (Å²) in [5.74, 6) is -1.06. The van der Waals surface area contributed by atoms with E-state index < -0.39 is 5.97 Å². The van der Waals surface area contributed by atoms with Gasteiger partial charge in [0.15, 0.2) is 0 Å². The van der Waals surface area contributed by atoms with E-state index in [2.05, 4.69) is 23.5 Å². The smallest absolute Gasteiger partial charge is 0.329 e. The summed E-state index contributed by atoms with van der Waals surface area (Å²) < 4.78 is 0. The molecule has 34 heavy (non-hydrogen) atoms. The largest absolute Gasteiger partial charge is 0.481 e. The summed E-state index contributed by atoms with van der Waals surface area (Å²) in [4.78, 5) is 28.4. The van der Waals surface area contributed by atoms with Crippen LogP contribution in [0.1, 0.15) is 34.6 Å². The molecule has 3 aromatic rings. The molecule has 2 amide bonds. The van der Waals surface area contributed by atoms with Gasteiger partial charge >= 0.3 is 12.0 Å². The predicted octanol–water partition coefficient (Wildman–Crippen LogP) is 4.43. The van der Waals surface area contributed by atoms with Crippen molar-refractivity contribution in [3.8, 4) is 0 Å². The van der Waals surface area contributed by atoms with Crippen LogP contribution in [0.4, 0.5) is 16.2 Å². The Morgan fingerprint density at radius 1 is 0.824 bits per heavy atom. The molecule has 0 aliphatic carbocycles. The van der Waals surface area contributed by atoms with Crippen molar-refractivity contribution in [1.29, 1.82) is 0 Å². The van der Waals surface area contributed by atoms with Crippen molar-refractivity contribution < 1.29 is 14.7 Å². The van der Waals surface area contributed by atoms with Gasteiger partial charge in [0.25, 0.3) is 0 Å². The number of anilines is 2. The number of hydrogen-bond acceptors (Lipinski definition) is 3. The van der Waals surface area contributed by atoms with Crippen LogP contribution in [0.5, 0.6) is 0 Å². The number of nitrogens with one attached hydrogen (secondary N) is 1. The van der Waals surface area contributed by atoms with Crippen LogP contribution in [-0.2, 0) is 17.6 Å². The number of rotatable bonds is 6. The van der Waals surface area contributed by atoms with Crippen LogP contribution < -0.4 is 15.1 Å². The van der Waals surface area contributed by atoms with Gasteiger partial charge in [-0.25, -0.2) is 4.79 Å². The number of carboxylic acids is 1. The Labute approximate surface area is 199 Å². The monoisotopic (exact) mass is 455 g/mol. The molecule has 2 heterocycles. The number of urea groups is 1. The van der Waals surface area contributed by atoms with Crippen LogP contribution in [0.3, 0.4) is 0 Å². The third kappa shape index (κ3) is 4.54. The molecule has 1 unspecified atom stereocenters. The van der Waals surface area contributed by atoms with Crippen LogP contribution >= 0.6 is 0 Å². The maximum Gasteiger partial charge on any atom is 0.329 e. The molecule has 2 aliphatic heterocycles. The van der Waals surface area contributed by atoms with Crippen molar-refractivity contribution in [3.05, 3.63) is 95.1 Å². The lowest BCUT2D eigenvalue weighted by Crippen LogP contribution is -2.31. The zero-order valence-corrected chi connectivity index (χ0v) is 19.1. The second-order valence-corrected chi connectivity index (χ2v) is 8.94. The number of amides is 2. The molecule has 0 bridgehead atoms. The summed E-state index contributed by atoms with van der Waals surface area (Å²) >= 11 is 0.